The monoisotopic (exact) mass is 599 g/mol. The number of hydrogen-bond donors (Lipinski definition) is 2. The molecule has 1 saturated heterocycles. The number of nitrogens with two attached hydrogens (primary N) is 1. The molecule has 3 N–H and O–H groups in total. The van der Waals surface area contributed by atoms with Crippen LogP contribution in [-0.4, -0.2) is 49.4 Å². The fraction of sp³-hybridized carbons (Fsp3) is 0.533. The van der Waals surface area contributed by atoms with Crippen LogP contribution < -0.4 is 22.3 Å². The first-order chi connectivity index (χ1) is 19.7. The zero-order valence-corrected chi connectivity index (χ0v) is 25.2. The maximum absolute atomic E-state index is 14.1. The van der Waals surface area contributed by atoms with E-state index < -0.39 is 17.4 Å². The number of carbonyl (C=O) groups is 1. The van der Waals surface area contributed by atoms with Crippen molar-refractivity contribution < 1.29 is 9.18 Å². The first-order valence-electron chi connectivity index (χ1n) is 14.3. The van der Waals surface area contributed by atoms with E-state index >= 15 is 0 Å². The zero-order valence-electron chi connectivity index (χ0n) is 23.6. The Balaban J connectivity index is 1.23. The van der Waals surface area contributed by atoms with Gasteiger partial charge >= 0.3 is 5.69 Å². The number of pyridine rings is 1. The number of thioether (sulfide) groups is 2. The highest BCUT2D eigenvalue weighted by Crippen LogP contribution is 2.30. The number of halogens is 1. The van der Waals surface area contributed by atoms with Gasteiger partial charge in [0.25, 0.3) is 5.56 Å². The lowest BCUT2D eigenvalue weighted by Gasteiger charge is -2.32. The summed E-state index contributed by atoms with van der Waals surface area (Å²) in [5, 5.41) is 3.22. The molecule has 0 spiro atoms. The van der Waals surface area contributed by atoms with Gasteiger partial charge in [-0.25, -0.2) is 14.2 Å². The number of amides is 1. The maximum atomic E-state index is 14.1. The molecule has 0 bridgehead atoms. The lowest BCUT2D eigenvalue weighted by molar-refractivity contribution is -0.122. The molecule has 0 unspecified atom stereocenters. The van der Waals surface area contributed by atoms with E-state index in [4.69, 9.17) is 5.73 Å². The van der Waals surface area contributed by atoms with Crippen molar-refractivity contribution in [3.05, 3.63) is 73.8 Å². The van der Waals surface area contributed by atoms with Crippen molar-refractivity contribution >= 4 is 40.5 Å². The molecule has 1 saturated carbocycles. The molecule has 0 radical (unpaired) electrons. The Morgan fingerprint density at radius 2 is 1.78 bits per heavy atom. The fourth-order valence-corrected chi connectivity index (χ4v) is 7.88. The van der Waals surface area contributed by atoms with Gasteiger partial charge in [-0.2, -0.15) is 23.5 Å². The van der Waals surface area contributed by atoms with Crippen LogP contribution in [0.2, 0.25) is 0 Å². The van der Waals surface area contributed by atoms with Crippen LogP contribution in [0.5, 0.6) is 0 Å². The number of carbonyl (C=O) groups excluding carboxylic acids is 1. The SMILES string of the molecule is Cc1ccc(CSC[C@H](N)C(=O)NC2CCC(n3c(=O)c4cc(F)cnc4n(C4CCSCC4)c3=O)CC2)cc1C. The minimum Gasteiger partial charge on any atom is -0.352 e. The standard InChI is InChI=1S/C30H38FN5O3S2/c1-18-3-4-20(13-19(18)2)16-41-17-26(32)28(37)34-22-5-7-23(8-6-22)36-29(38)25-14-21(31)15-33-27(25)35(30(36)39)24-9-11-40-12-10-24/h3-4,13-15,22-24,26H,5-12,16-17,32H2,1-2H3,(H,34,37)/t22?,23?,26-/m0/s1. The number of aryl methyl sites for hydroxylation is 2. The van der Waals surface area contributed by atoms with Crippen LogP contribution in [0.25, 0.3) is 11.0 Å². The van der Waals surface area contributed by atoms with Gasteiger partial charge in [0.1, 0.15) is 11.5 Å². The molecule has 41 heavy (non-hydrogen) atoms. The summed E-state index contributed by atoms with van der Waals surface area (Å²) >= 11 is 3.49. The second-order valence-corrected chi connectivity index (χ2v) is 13.5. The highest BCUT2D eigenvalue weighted by atomic mass is 32.2. The number of fused-ring (bicyclic) bond motifs is 1. The van der Waals surface area contributed by atoms with Gasteiger partial charge in [-0.1, -0.05) is 18.2 Å². The van der Waals surface area contributed by atoms with E-state index in [2.05, 4.69) is 42.3 Å². The molecule has 1 aliphatic heterocycles. The normalized spacial score (nSPS) is 20.7. The number of benzene rings is 1. The van der Waals surface area contributed by atoms with Gasteiger partial charge in [-0.3, -0.25) is 18.7 Å². The fourth-order valence-electron chi connectivity index (χ4n) is 5.86. The Hall–Kier alpha value is -2.63. The Morgan fingerprint density at radius 3 is 2.49 bits per heavy atom. The Labute approximate surface area is 247 Å². The van der Waals surface area contributed by atoms with E-state index in [0.717, 1.165) is 36.3 Å². The molecule has 2 aliphatic rings. The van der Waals surface area contributed by atoms with Crippen molar-refractivity contribution in [1.82, 2.24) is 19.4 Å². The molecule has 11 heteroatoms. The van der Waals surface area contributed by atoms with E-state index in [0.29, 0.717) is 31.4 Å². The summed E-state index contributed by atoms with van der Waals surface area (Å²) in [6, 6.07) is 6.51. The average molecular weight is 600 g/mol. The van der Waals surface area contributed by atoms with E-state index in [9.17, 15) is 18.8 Å². The van der Waals surface area contributed by atoms with Crippen LogP contribution in [-0.2, 0) is 10.5 Å². The molecule has 1 aromatic carbocycles. The van der Waals surface area contributed by atoms with E-state index in [1.165, 1.54) is 27.3 Å². The lowest BCUT2D eigenvalue weighted by atomic mass is 9.90. The van der Waals surface area contributed by atoms with Gasteiger partial charge in [0.05, 0.1) is 17.6 Å². The molecule has 2 fully saturated rings. The van der Waals surface area contributed by atoms with Gasteiger partial charge < -0.3 is 11.1 Å². The summed E-state index contributed by atoms with van der Waals surface area (Å²) in [4.78, 5) is 44.2. The Bertz CT molecular complexity index is 1530. The maximum Gasteiger partial charge on any atom is 0.333 e. The van der Waals surface area contributed by atoms with Crippen molar-refractivity contribution in [3.63, 3.8) is 0 Å². The summed E-state index contributed by atoms with van der Waals surface area (Å²) < 4.78 is 17.1. The van der Waals surface area contributed by atoms with Gasteiger partial charge in [-0.15, -0.1) is 0 Å². The van der Waals surface area contributed by atoms with Crippen molar-refractivity contribution in [3.8, 4) is 0 Å². The minimum atomic E-state index is -0.615. The minimum absolute atomic E-state index is 0.0672. The quantitative estimate of drug-likeness (QED) is 0.398. The molecule has 8 nitrogen and oxygen atoms in total. The summed E-state index contributed by atoms with van der Waals surface area (Å²) in [5.41, 5.74) is 9.34. The topological polar surface area (TPSA) is 112 Å². The van der Waals surface area contributed by atoms with Crippen molar-refractivity contribution in [1.29, 1.82) is 0 Å². The van der Waals surface area contributed by atoms with Crippen LogP contribution in [0.15, 0.2) is 40.1 Å². The summed E-state index contributed by atoms with van der Waals surface area (Å²) in [7, 11) is 0. The number of rotatable bonds is 8. The smallest absolute Gasteiger partial charge is 0.333 e. The number of aromatic nitrogens is 3. The molecule has 3 heterocycles. The van der Waals surface area contributed by atoms with Crippen molar-refractivity contribution in [2.75, 3.05) is 17.3 Å². The predicted molar refractivity (Wildman–Crippen MR) is 165 cm³/mol. The van der Waals surface area contributed by atoms with E-state index in [1.807, 2.05) is 11.8 Å². The summed E-state index contributed by atoms with van der Waals surface area (Å²) in [6.45, 7) is 4.18. The van der Waals surface area contributed by atoms with Crippen LogP contribution in [0.1, 0.15) is 67.3 Å². The van der Waals surface area contributed by atoms with Crippen molar-refractivity contribution in [2.45, 2.75) is 82.3 Å². The Kier molecular flexibility index (Phi) is 9.56. The van der Waals surface area contributed by atoms with Crippen LogP contribution in [0.3, 0.4) is 0 Å². The first kappa shape index (κ1) is 29.8. The number of hydrogen-bond acceptors (Lipinski definition) is 7. The number of nitrogens with zero attached hydrogens (tertiary/aromatic N) is 3. The highest BCUT2D eigenvalue weighted by Gasteiger charge is 2.30. The molecular weight excluding hydrogens is 561 g/mol. The van der Waals surface area contributed by atoms with Gasteiger partial charge in [-0.05, 0) is 86.6 Å². The van der Waals surface area contributed by atoms with Gasteiger partial charge in [0.2, 0.25) is 5.91 Å². The van der Waals surface area contributed by atoms with Crippen LogP contribution in [0, 0.1) is 19.7 Å². The van der Waals surface area contributed by atoms with Crippen LogP contribution >= 0.6 is 23.5 Å². The largest absolute Gasteiger partial charge is 0.352 e. The third-order valence-electron chi connectivity index (χ3n) is 8.36. The number of nitrogens with one attached hydrogen (secondary N) is 1. The third kappa shape index (κ3) is 6.73. The van der Waals surface area contributed by atoms with Crippen LogP contribution in [0.4, 0.5) is 4.39 Å². The summed E-state index contributed by atoms with van der Waals surface area (Å²) in [5.74, 6) is 2.39. The molecule has 220 valence electrons. The predicted octanol–water partition coefficient (Wildman–Crippen LogP) is 4.24. The molecule has 2 aromatic heterocycles. The molecule has 1 atom stereocenters. The lowest BCUT2D eigenvalue weighted by Crippen LogP contribution is -2.49. The molecule has 1 amide bonds. The first-order valence-corrected chi connectivity index (χ1v) is 16.6. The highest BCUT2D eigenvalue weighted by molar-refractivity contribution is 7.99. The molecular formula is C30H38FN5O3S2. The molecule has 1 aliphatic carbocycles. The van der Waals surface area contributed by atoms with E-state index in [1.54, 1.807) is 16.3 Å². The second kappa shape index (κ2) is 13.1. The van der Waals surface area contributed by atoms with E-state index in [-0.39, 0.29) is 40.8 Å². The van der Waals surface area contributed by atoms with Gasteiger partial charge in [0.15, 0.2) is 0 Å². The zero-order chi connectivity index (χ0) is 29.1. The third-order valence-corrected chi connectivity index (χ3v) is 10.5. The Morgan fingerprint density at radius 1 is 1.07 bits per heavy atom. The molecule has 3 aromatic rings. The summed E-state index contributed by atoms with van der Waals surface area (Å²) in [6.07, 6.45) is 5.06. The second-order valence-electron chi connectivity index (χ2n) is 11.3. The van der Waals surface area contributed by atoms with Gasteiger partial charge in [0, 0.05) is 29.6 Å². The average Bonchev–Trinajstić information content (AvgIpc) is 2.97. The van der Waals surface area contributed by atoms with Crippen molar-refractivity contribution in [2.24, 2.45) is 5.73 Å². The molecule has 5 rings (SSSR count).